The second kappa shape index (κ2) is 29.2. The molecule has 4 saturated heterocycles. The molecule has 0 aliphatic carbocycles. The average molecular weight is 1340 g/mol. The van der Waals surface area contributed by atoms with E-state index in [1.807, 2.05) is 80.4 Å². The van der Waals surface area contributed by atoms with Crippen LogP contribution in [0.1, 0.15) is 88.1 Å². The van der Waals surface area contributed by atoms with Gasteiger partial charge in [-0.15, -0.1) is 0 Å². The first-order valence-electron chi connectivity index (χ1n) is 28.9. The number of amides is 1. The second-order valence-electron chi connectivity index (χ2n) is 23.1. The van der Waals surface area contributed by atoms with Gasteiger partial charge in [0.15, 0.2) is 5.65 Å². The highest BCUT2D eigenvalue weighted by Gasteiger charge is 2.52. The first-order valence-corrected chi connectivity index (χ1v) is 31.3. The van der Waals surface area contributed by atoms with Gasteiger partial charge in [0.05, 0.1) is 34.0 Å². The summed E-state index contributed by atoms with van der Waals surface area (Å²) in [5.74, 6) is 2.78. The number of pyridine rings is 6. The quantitative estimate of drug-likeness (QED) is 0.0924. The largest absolute Gasteiger partial charge is 0.496 e. The van der Waals surface area contributed by atoms with Gasteiger partial charge < -0.3 is 49.0 Å². The predicted octanol–water partition coefficient (Wildman–Crippen LogP) is 9.04. The van der Waals surface area contributed by atoms with Crippen LogP contribution in [0, 0.1) is 6.92 Å². The molecule has 1 amide bonds. The van der Waals surface area contributed by atoms with Crippen LogP contribution in [0.15, 0.2) is 110 Å². The van der Waals surface area contributed by atoms with E-state index in [2.05, 4.69) is 182 Å². The number of H-pyrrole nitrogens is 1. The van der Waals surface area contributed by atoms with E-state index < -0.39 is 0 Å². The van der Waals surface area contributed by atoms with Crippen molar-refractivity contribution in [1.29, 1.82) is 0 Å². The zero-order chi connectivity index (χ0) is 60.3. The molecule has 4 fully saturated rings. The number of aromatic amines is 1. The molecule has 0 atom stereocenters. The Balaban J connectivity index is 0.000000173. The summed E-state index contributed by atoms with van der Waals surface area (Å²) in [5.41, 5.74) is 5.15. The van der Waals surface area contributed by atoms with Gasteiger partial charge in [0.25, 0.3) is 11.5 Å². The third kappa shape index (κ3) is 16.9. The average Bonchev–Trinajstić information content (AvgIpc) is 2.61. The molecule has 2 N–H and O–H groups in total. The molecule has 0 saturated carbocycles. The number of aryl methyl sites for hydroxylation is 2. The minimum absolute atomic E-state index is 0.0663. The molecule has 4 aliphatic rings. The first kappa shape index (κ1) is 64.3. The molecule has 0 unspecified atom stereocenters. The van der Waals surface area contributed by atoms with Gasteiger partial charge in [-0.1, -0.05) is 19.4 Å². The minimum atomic E-state index is -0.334. The lowest BCUT2D eigenvalue weighted by Crippen LogP contribution is -2.45. The lowest BCUT2D eigenvalue weighted by atomic mass is 9.80. The number of aromatic nitrogens is 8. The van der Waals surface area contributed by atoms with Crippen LogP contribution in [0.3, 0.4) is 0 Å². The molecule has 0 radical (unpaired) electrons. The molecule has 84 heavy (non-hydrogen) atoms. The van der Waals surface area contributed by atoms with Crippen molar-refractivity contribution in [2.24, 2.45) is 0 Å². The molecule has 0 aromatic carbocycles. The fraction of sp³-hybridized carbons (Fsp3) is 0.475. The molecular formula is C61H81BBr3N15O4. The molecule has 23 heteroatoms. The van der Waals surface area contributed by atoms with Gasteiger partial charge >= 0.3 is 7.12 Å². The highest BCUT2D eigenvalue weighted by Crippen LogP contribution is 2.36. The Labute approximate surface area is 520 Å². The maximum Gasteiger partial charge on any atom is 0.496 e. The van der Waals surface area contributed by atoms with Crippen LogP contribution < -0.4 is 31.0 Å². The fourth-order valence-corrected chi connectivity index (χ4v) is 10.6. The number of anilines is 3. The summed E-state index contributed by atoms with van der Waals surface area (Å²) in [7, 11) is 6.12. The van der Waals surface area contributed by atoms with E-state index in [0.29, 0.717) is 27.9 Å². The van der Waals surface area contributed by atoms with Crippen molar-refractivity contribution in [2.45, 2.75) is 92.0 Å². The minimum Gasteiger partial charge on any atom is -0.399 e. The Morgan fingerprint density at radius 1 is 0.679 bits per heavy atom. The molecule has 0 bridgehead atoms. The van der Waals surface area contributed by atoms with Crippen molar-refractivity contribution in [3.63, 3.8) is 0 Å². The van der Waals surface area contributed by atoms with Crippen LogP contribution in [0.5, 0.6) is 0 Å². The van der Waals surface area contributed by atoms with Crippen LogP contribution in [0.25, 0.3) is 22.3 Å². The SMILES string of the molecule is Brc1ccc(Br)nc1.CCCc1cc(C)[nH]c(=O)c1CNC(=O)c1cc(-c2ccc(N3CCN(C)CC3)nc2)nc2c1cnn2C(C)C.CN1CCN(c2ccc(B3OC(C)(C)C(C)(C)O3)cn2)CC1.CN1CCN(c2ccc(Br)cn2)CC1. The van der Waals surface area contributed by atoms with E-state index >= 15 is 0 Å². The number of hydrogen-bond acceptors (Lipinski definition) is 16. The van der Waals surface area contributed by atoms with Crippen molar-refractivity contribution in [1.82, 2.24) is 59.7 Å². The number of nitrogens with one attached hydrogen (secondary N) is 2. The lowest BCUT2D eigenvalue weighted by molar-refractivity contribution is 0.00578. The Hall–Kier alpha value is -5.66. The zero-order valence-electron chi connectivity index (χ0n) is 50.5. The Morgan fingerprint density at radius 3 is 1.64 bits per heavy atom. The number of piperazine rings is 3. The highest BCUT2D eigenvalue weighted by atomic mass is 79.9. The molecule has 19 nitrogen and oxygen atoms in total. The van der Waals surface area contributed by atoms with Gasteiger partial charge in [-0.25, -0.2) is 29.6 Å². The van der Waals surface area contributed by atoms with Crippen LogP contribution in [0.2, 0.25) is 0 Å². The maximum atomic E-state index is 13.6. The van der Waals surface area contributed by atoms with Crippen molar-refractivity contribution in [3.8, 4) is 11.3 Å². The smallest absolute Gasteiger partial charge is 0.399 e. The molecular weight excluding hydrogens is 1260 g/mol. The summed E-state index contributed by atoms with van der Waals surface area (Å²) in [5, 5.41) is 8.19. The molecule has 7 aromatic heterocycles. The van der Waals surface area contributed by atoms with Crippen LogP contribution >= 0.6 is 47.8 Å². The summed E-state index contributed by atoms with van der Waals surface area (Å²) < 4.78 is 16.9. The number of rotatable bonds is 11. The third-order valence-corrected chi connectivity index (χ3v) is 17.2. The Kier molecular flexibility index (Phi) is 22.3. The molecule has 11 rings (SSSR count). The maximum absolute atomic E-state index is 13.6. The number of likely N-dealkylation sites (N-methyl/N-ethyl adjacent to an activating group) is 3. The molecule has 11 heterocycles. The van der Waals surface area contributed by atoms with Gasteiger partial charge in [-0.2, -0.15) is 5.10 Å². The molecule has 7 aromatic rings. The predicted molar refractivity (Wildman–Crippen MR) is 349 cm³/mol. The van der Waals surface area contributed by atoms with E-state index in [-0.39, 0.29) is 42.4 Å². The third-order valence-electron chi connectivity index (χ3n) is 15.8. The van der Waals surface area contributed by atoms with Gasteiger partial charge in [0, 0.05) is 147 Å². The summed E-state index contributed by atoms with van der Waals surface area (Å²) >= 11 is 9.87. The van der Waals surface area contributed by atoms with Gasteiger partial charge in [-0.05, 0) is 184 Å². The van der Waals surface area contributed by atoms with Crippen LogP contribution in [-0.4, -0.2) is 178 Å². The van der Waals surface area contributed by atoms with Crippen molar-refractivity contribution >= 4 is 94.8 Å². The number of hydrogen-bond donors (Lipinski definition) is 2. The zero-order valence-corrected chi connectivity index (χ0v) is 55.3. The summed E-state index contributed by atoms with van der Waals surface area (Å²) in [6.07, 6.45) is 10.7. The number of carbonyl (C=O) groups excluding carboxylic acids is 1. The van der Waals surface area contributed by atoms with E-state index in [1.165, 1.54) is 0 Å². The number of halogens is 3. The van der Waals surface area contributed by atoms with Crippen LogP contribution in [-0.2, 0) is 22.3 Å². The molecule has 0 spiro atoms. The fourth-order valence-electron chi connectivity index (χ4n) is 9.91. The van der Waals surface area contributed by atoms with E-state index in [1.54, 1.807) is 18.5 Å². The van der Waals surface area contributed by atoms with Gasteiger partial charge in [0.1, 0.15) is 22.1 Å². The Bertz CT molecular complexity index is 3270. The summed E-state index contributed by atoms with van der Waals surface area (Å²) in [4.78, 5) is 65.7. The Morgan fingerprint density at radius 2 is 1.19 bits per heavy atom. The van der Waals surface area contributed by atoms with Crippen molar-refractivity contribution in [2.75, 3.05) is 114 Å². The first-order chi connectivity index (χ1) is 40.1. The van der Waals surface area contributed by atoms with Crippen molar-refractivity contribution in [3.05, 3.63) is 138 Å². The summed E-state index contributed by atoms with van der Waals surface area (Å²) in [6.45, 7) is 28.9. The standard InChI is InChI=1S/C30H38N8O2.C16H26BN3O2.C10H14BrN3.C5H3Br2N/c1-6-7-21-14-20(4)34-30(40)24(21)17-32-29(39)23-15-26(35-28-25(23)18-33-38(28)19(2)3)22-8-9-27(31-16-22)37-12-10-36(5)11-13-37;1-15(2)16(3,4)22-17(21-15)13-6-7-14(18-12-13)20-10-8-19(5)9-11-20;1-13-4-6-14(7-5-13)10-3-2-9(11)8-12-10;6-4-1-2-5(7)8-3-4/h8-9,14-16,18-19H,6-7,10-13,17H2,1-5H3,(H,32,39)(H,34,40);6-7,12H,8-11H2,1-5H3;2-3,8H,4-7H2,1H3;1-3H. The van der Waals surface area contributed by atoms with Crippen LogP contribution in [0.4, 0.5) is 17.5 Å². The lowest BCUT2D eigenvalue weighted by Gasteiger charge is -2.33. The second-order valence-corrected chi connectivity index (χ2v) is 25.8. The monoisotopic (exact) mass is 1340 g/mol. The van der Waals surface area contributed by atoms with Gasteiger partial charge in [0.2, 0.25) is 0 Å². The highest BCUT2D eigenvalue weighted by molar-refractivity contribution is 9.11. The molecule has 448 valence electrons. The number of nitrogens with zero attached hydrogens (tertiary/aromatic N) is 13. The normalized spacial score (nSPS) is 17.3. The summed E-state index contributed by atoms with van der Waals surface area (Å²) in [6, 6.07) is 19.9. The molecule has 4 aliphatic heterocycles. The van der Waals surface area contributed by atoms with E-state index in [4.69, 9.17) is 19.3 Å². The number of fused-ring (bicyclic) bond motifs is 1. The van der Waals surface area contributed by atoms with Crippen molar-refractivity contribution < 1.29 is 14.1 Å². The van der Waals surface area contributed by atoms with E-state index in [0.717, 1.165) is 145 Å². The van der Waals surface area contributed by atoms with Gasteiger partial charge in [-0.3, -0.25) is 9.59 Å². The number of carbonyl (C=O) groups is 1. The van der Waals surface area contributed by atoms with E-state index in [9.17, 15) is 9.59 Å². The topological polar surface area (TPSA) is 182 Å².